The fourth-order valence-electron chi connectivity index (χ4n) is 2.03. The molecule has 2 aromatic heterocycles. The van der Waals surface area contributed by atoms with Crippen LogP contribution >= 0.6 is 27.3 Å². The van der Waals surface area contributed by atoms with Gasteiger partial charge in [0, 0.05) is 41.4 Å². The summed E-state index contributed by atoms with van der Waals surface area (Å²) in [5, 5.41) is 3.19. The van der Waals surface area contributed by atoms with Gasteiger partial charge in [-0.25, -0.2) is 4.98 Å². The van der Waals surface area contributed by atoms with Crippen molar-refractivity contribution in [3.63, 3.8) is 0 Å². The molecule has 0 saturated heterocycles. The largest absolute Gasteiger partial charge is 0.329 e. The molecule has 2 N–H and O–H groups in total. The zero-order chi connectivity index (χ0) is 13.8. The third-order valence-electron chi connectivity index (χ3n) is 2.94. The number of likely N-dealkylation sites (N-methyl/N-ethyl adjacent to an activating group) is 1. The molecule has 0 bridgehead atoms. The molecule has 0 aliphatic carbocycles. The van der Waals surface area contributed by atoms with Crippen molar-refractivity contribution in [3.8, 4) is 0 Å². The lowest BCUT2D eigenvalue weighted by Gasteiger charge is -2.26. The Balaban J connectivity index is 2.12. The average molecular weight is 341 g/mol. The standard InChI is InChI=1S/C13H17BrN4S/c1-9-17-12(8-19-9)7-18(2)13(4-15)10-3-11(14)6-16-5-10/h3,5-6,8,13H,4,7,15H2,1-2H3. The number of hydrogen-bond donors (Lipinski definition) is 1. The summed E-state index contributed by atoms with van der Waals surface area (Å²) in [5.74, 6) is 0. The number of hydrogen-bond acceptors (Lipinski definition) is 5. The predicted molar refractivity (Wildman–Crippen MR) is 82.1 cm³/mol. The van der Waals surface area contributed by atoms with E-state index in [2.05, 4.69) is 49.3 Å². The van der Waals surface area contributed by atoms with Crippen LogP contribution in [0.25, 0.3) is 0 Å². The van der Waals surface area contributed by atoms with Gasteiger partial charge in [-0.2, -0.15) is 0 Å². The van der Waals surface area contributed by atoms with Crippen molar-refractivity contribution in [2.75, 3.05) is 13.6 Å². The number of rotatable bonds is 5. The molecule has 2 heterocycles. The van der Waals surface area contributed by atoms with E-state index in [4.69, 9.17) is 5.73 Å². The van der Waals surface area contributed by atoms with Gasteiger partial charge < -0.3 is 5.73 Å². The van der Waals surface area contributed by atoms with E-state index < -0.39 is 0 Å². The first-order chi connectivity index (χ1) is 9.10. The number of thiazole rings is 1. The smallest absolute Gasteiger partial charge is 0.0897 e. The molecule has 0 spiro atoms. The van der Waals surface area contributed by atoms with Gasteiger partial charge in [0.2, 0.25) is 0 Å². The summed E-state index contributed by atoms with van der Waals surface area (Å²) < 4.78 is 0.973. The van der Waals surface area contributed by atoms with Crippen molar-refractivity contribution in [1.29, 1.82) is 0 Å². The van der Waals surface area contributed by atoms with Gasteiger partial charge in [-0.1, -0.05) is 0 Å². The Morgan fingerprint density at radius 1 is 1.47 bits per heavy atom. The molecule has 2 rings (SSSR count). The first kappa shape index (κ1) is 14.6. The third kappa shape index (κ3) is 3.82. The van der Waals surface area contributed by atoms with Crippen LogP contribution < -0.4 is 5.73 Å². The van der Waals surface area contributed by atoms with Crippen molar-refractivity contribution in [2.45, 2.75) is 19.5 Å². The van der Waals surface area contributed by atoms with Gasteiger partial charge in [0.05, 0.1) is 10.7 Å². The minimum atomic E-state index is 0.145. The number of pyridine rings is 1. The van der Waals surface area contributed by atoms with E-state index in [0.29, 0.717) is 6.54 Å². The molecule has 2 aromatic rings. The van der Waals surface area contributed by atoms with Crippen LogP contribution in [0.3, 0.4) is 0 Å². The summed E-state index contributed by atoms with van der Waals surface area (Å²) in [6.07, 6.45) is 3.64. The highest BCUT2D eigenvalue weighted by atomic mass is 79.9. The summed E-state index contributed by atoms with van der Waals surface area (Å²) in [5.41, 5.74) is 8.12. The third-order valence-corrected chi connectivity index (χ3v) is 4.20. The fraction of sp³-hybridized carbons (Fsp3) is 0.385. The van der Waals surface area contributed by atoms with Crippen molar-refractivity contribution in [1.82, 2.24) is 14.9 Å². The fourth-order valence-corrected chi connectivity index (χ4v) is 3.01. The second-order valence-electron chi connectivity index (χ2n) is 4.46. The molecular weight excluding hydrogens is 324 g/mol. The first-order valence-electron chi connectivity index (χ1n) is 6.02. The Hall–Kier alpha value is -0.820. The van der Waals surface area contributed by atoms with Crippen molar-refractivity contribution < 1.29 is 0 Å². The highest BCUT2D eigenvalue weighted by Gasteiger charge is 2.17. The molecule has 1 atom stereocenters. The second-order valence-corrected chi connectivity index (χ2v) is 6.44. The Kier molecular flexibility index (Phi) is 5.04. The van der Waals surface area contributed by atoms with Gasteiger partial charge >= 0.3 is 0 Å². The molecule has 6 heteroatoms. The number of aromatic nitrogens is 2. The monoisotopic (exact) mass is 340 g/mol. The number of nitrogens with zero attached hydrogens (tertiary/aromatic N) is 3. The first-order valence-corrected chi connectivity index (χ1v) is 7.69. The zero-order valence-corrected chi connectivity index (χ0v) is 13.4. The summed E-state index contributed by atoms with van der Waals surface area (Å²) in [6.45, 7) is 3.36. The van der Waals surface area contributed by atoms with E-state index in [1.54, 1.807) is 17.5 Å². The van der Waals surface area contributed by atoms with Crippen LogP contribution in [0.15, 0.2) is 28.3 Å². The summed E-state index contributed by atoms with van der Waals surface area (Å²) in [6, 6.07) is 2.21. The molecule has 0 radical (unpaired) electrons. The van der Waals surface area contributed by atoms with E-state index in [0.717, 1.165) is 27.3 Å². The molecule has 0 saturated carbocycles. The quantitative estimate of drug-likeness (QED) is 0.909. The summed E-state index contributed by atoms with van der Waals surface area (Å²) in [7, 11) is 2.06. The van der Waals surface area contributed by atoms with Crippen LogP contribution in [-0.2, 0) is 6.54 Å². The Morgan fingerprint density at radius 3 is 2.84 bits per heavy atom. The number of aryl methyl sites for hydroxylation is 1. The van der Waals surface area contributed by atoms with E-state index in [1.165, 1.54) is 0 Å². The van der Waals surface area contributed by atoms with Crippen LogP contribution in [0, 0.1) is 6.92 Å². The van der Waals surface area contributed by atoms with Crippen LogP contribution in [0.1, 0.15) is 22.3 Å². The van der Waals surface area contributed by atoms with E-state index in [9.17, 15) is 0 Å². The molecule has 4 nitrogen and oxygen atoms in total. The zero-order valence-electron chi connectivity index (χ0n) is 11.0. The number of halogens is 1. The van der Waals surface area contributed by atoms with E-state index >= 15 is 0 Å². The van der Waals surface area contributed by atoms with Gasteiger partial charge in [0.1, 0.15) is 0 Å². The Bertz CT molecular complexity index is 543. The minimum Gasteiger partial charge on any atom is -0.329 e. The SMILES string of the molecule is Cc1nc(CN(C)C(CN)c2cncc(Br)c2)cs1. The van der Waals surface area contributed by atoms with Gasteiger partial charge in [-0.3, -0.25) is 9.88 Å². The second kappa shape index (κ2) is 6.56. The lowest BCUT2D eigenvalue weighted by molar-refractivity contribution is 0.239. The topological polar surface area (TPSA) is 55.0 Å². The van der Waals surface area contributed by atoms with Crippen LogP contribution in [0.4, 0.5) is 0 Å². The molecule has 0 aromatic carbocycles. The molecule has 0 aliphatic rings. The van der Waals surface area contributed by atoms with Crippen LogP contribution in [-0.4, -0.2) is 28.5 Å². The van der Waals surface area contributed by atoms with Gasteiger partial charge in [0.15, 0.2) is 0 Å². The maximum absolute atomic E-state index is 5.91. The van der Waals surface area contributed by atoms with Crippen LogP contribution in [0.5, 0.6) is 0 Å². The van der Waals surface area contributed by atoms with Gasteiger partial charge in [-0.15, -0.1) is 11.3 Å². The summed E-state index contributed by atoms with van der Waals surface area (Å²) >= 11 is 5.12. The molecule has 0 amide bonds. The maximum Gasteiger partial charge on any atom is 0.0897 e. The molecule has 1 unspecified atom stereocenters. The van der Waals surface area contributed by atoms with E-state index in [1.807, 2.05) is 13.1 Å². The minimum absolute atomic E-state index is 0.145. The van der Waals surface area contributed by atoms with Crippen LogP contribution in [0.2, 0.25) is 0 Å². The van der Waals surface area contributed by atoms with Crippen molar-refractivity contribution in [3.05, 3.63) is 44.6 Å². The van der Waals surface area contributed by atoms with Crippen molar-refractivity contribution in [2.24, 2.45) is 5.73 Å². The lowest BCUT2D eigenvalue weighted by atomic mass is 10.1. The number of nitrogens with two attached hydrogens (primary N) is 1. The van der Waals surface area contributed by atoms with E-state index in [-0.39, 0.29) is 6.04 Å². The molecule has 102 valence electrons. The van der Waals surface area contributed by atoms with Gasteiger partial charge in [-0.05, 0) is 41.5 Å². The lowest BCUT2D eigenvalue weighted by Crippen LogP contribution is -2.30. The normalized spacial score (nSPS) is 12.9. The molecule has 19 heavy (non-hydrogen) atoms. The highest BCUT2D eigenvalue weighted by Crippen LogP contribution is 2.22. The average Bonchev–Trinajstić information content (AvgIpc) is 2.75. The predicted octanol–water partition coefficient (Wildman–Crippen LogP) is 2.74. The Morgan fingerprint density at radius 2 is 2.26 bits per heavy atom. The molecular formula is C13H17BrN4S. The Labute approximate surface area is 125 Å². The molecule has 0 fully saturated rings. The maximum atomic E-state index is 5.91. The van der Waals surface area contributed by atoms with Gasteiger partial charge in [0.25, 0.3) is 0 Å². The van der Waals surface area contributed by atoms with Crippen molar-refractivity contribution >= 4 is 27.3 Å². The summed E-state index contributed by atoms with van der Waals surface area (Å²) in [4.78, 5) is 10.9. The molecule has 0 aliphatic heterocycles. The highest BCUT2D eigenvalue weighted by molar-refractivity contribution is 9.10.